The van der Waals surface area contributed by atoms with Gasteiger partial charge in [0, 0.05) is 28.9 Å². The van der Waals surface area contributed by atoms with E-state index in [9.17, 15) is 18.0 Å². The van der Waals surface area contributed by atoms with Crippen LogP contribution in [0.4, 0.5) is 13.2 Å². The number of alkyl halides is 3. The molecule has 0 atom stereocenters. The SMILES string of the molecule is O=C(NCc1nccnc1-c1ccsc1)c1ccc(OC(F)(F)F)cc1. The molecule has 0 aliphatic carbocycles. The minimum atomic E-state index is -4.77. The van der Waals surface area contributed by atoms with Gasteiger partial charge in [-0.05, 0) is 35.7 Å². The summed E-state index contributed by atoms with van der Waals surface area (Å²) in [5.41, 5.74) is 2.38. The van der Waals surface area contributed by atoms with Crippen molar-refractivity contribution < 1.29 is 22.7 Å². The summed E-state index contributed by atoms with van der Waals surface area (Å²) < 4.78 is 40.2. The minimum absolute atomic E-state index is 0.138. The van der Waals surface area contributed by atoms with Gasteiger partial charge in [0.05, 0.1) is 17.9 Å². The summed E-state index contributed by atoms with van der Waals surface area (Å²) in [6, 6.07) is 6.59. The third-order valence-corrected chi connectivity index (χ3v) is 4.02. The molecule has 9 heteroatoms. The highest BCUT2D eigenvalue weighted by molar-refractivity contribution is 7.08. The van der Waals surface area contributed by atoms with E-state index < -0.39 is 12.3 Å². The van der Waals surface area contributed by atoms with Crippen LogP contribution in [-0.2, 0) is 6.54 Å². The van der Waals surface area contributed by atoms with E-state index in [0.29, 0.717) is 11.4 Å². The first kappa shape index (κ1) is 17.9. The highest BCUT2D eigenvalue weighted by Gasteiger charge is 2.31. The molecule has 2 aromatic heterocycles. The lowest BCUT2D eigenvalue weighted by atomic mass is 10.1. The Labute approximate surface area is 150 Å². The van der Waals surface area contributed by atoms with Gasteiger partial charge in [-0.2, -0.15) is 11.3 Å². The van der Waals surface area contributed by atoms with Crippen molar-refractivity contribution in [3.05, 3.63) is 64.7 Å². The summed E-state index contributed by atoms with van der Waals surface area (Å²) in [4.78, 5) is 20.7. The molecule has 5 nitrogen and oxygen atoms in total. The highest BCUT2D eigenvalue weighted by Crippen LogP contribution is 2.23. The van der Waals surface area contributed by atoms with E-state index in [1.54, 1.807) is 6.20 Å². The second-order valence-electron chi connectivity index (χ2n) is 5.12. The fourth-order valence-corrected chi connectivity index (χ4v) is 2.85. The smallest absolute Gasteiger partial charge is 0.406 e. The second-order valence-corrected chi connectivity index (χ2v) is 5.90. The Hall–Kier alpha value is -2.94. The van der Waals surface area contributed by atoms with Crippen LogP contribution in [0.15, 0.2) is 53.5 Å². The first-order valence-electron chi connectivity index (χ1n) is 7.39. The Balaban J connectivity index is 1.66. The molecule has 3 rings (SSSR count). The number of rotatable bonds is 5. The van der Waals surface area contributed by atoms with Crippen molar-refractivity contribution in [2.75, 3.05) is 0 Å². The molecule has 0 bridgehead atoms. The highest BCUT2D eigenvalue weighted by atomic mass is 32.1. The van der Waals surface area contributed by atoms with Gasteiger partial charge in [0.1, 0.15) is 5.75 Å². The lowest BCUT2D eigenvalue weighted by molar-refractivity contribution is -0.274. The van der Waals surface area contributed by atoms with Gasteiger partial charge in [-0.3, -0.25) is 14.8 Å². The number of ether oxygens (including phenoxy) is 1. The van der Waals surface area contributed by atoms with Crippen LogP contribution in [0.2, 0.25) is 0 Å². The summed E-state index contributed by atoms with van der Waals surface area (Å²) in [6.45, 7) is 0.138. The molecule has 0 aliphatic rings. The van der Waals surface area contributed by atoms with Crippen molar-refractivity contribution >= 4 is 17.2 Å². The van der Waals surface area contributed by atoms with Gasteiger partial charge in [0.2, 0.25) is 0 Å². The molecule has 0 fully saturated rings. The maximum absolute atomic E-state index is 12.2. The Morgan fingerprint density at radius 2 is 1.85 bits per heavy atom. The largest absolute Gasteiger partial charge is 0.573 e. The maximum atomic E-state index is 12.2. The van der Waals surface area contributed by atoms with Gasteiger partial charge in [-0.25, -0.2) is 0 Å². The Morgan fingerprint density at radius 1 is 1.12 bits per heavy atom. The van der Waals surface area contributed by atoms with Gasteiger partial charge in [-0.15, -0.1) is 13.2 Å². The Bertz CT molecular complexity index is 881. The van der Waals surface area contributed by atoms with Crippen LogP contribution in [0.25, 0.3) is 11.3 Å². The van der Waals surface area contributed by atoms with Crippen molar-refractivity contribution in [1.82, 2.24) is 15.3 Å². The van der Waals surface area contributed by atoms with E-state index in [0.717, 1.165) is 17.7 Å². The number of carbonyl (C=O) groups excluding carboxylic acids is 1. The number of halogens is 3. The number of thiophene rings is 1. The van der Waals surface area contributed by atoms with E-state index in [-0.39, 0.29) is 17.9 Å². The zero-order valence-electron chi connectivity index (χ0n) is 13.2. The van der Waals surface area contributed by atoms with Gasteiger partial charge in [-0.1, -0.05) is 0 Å². The summed E-state index contributed by atoms with van der Waals surface area (Å²) in [5.74, 6) is -0.826. The average Bonchev–Trinajstić information content (AvgIpc) is 3.13. The average molecular weight is 379 g/mol. The van der Waals surface area contributed by atoms with E-state index in [1.807, 2.05) is 16.8 Å². The minimum Gasteiger partial charge on any atom is -0.406 e. The van der Waals surface area contributed by atoms with E-state index >= 15 is 0 Å². The number of nitrogens with zero attached hydrogens (tertiary/aromatic N) is 2. The third kappa shape index (κ3) is 4.57. The molecule has 0 saturated carbocycles. The number of hydrogen-bond acceptors (Lipinski definition) is 5. The van der Waals surface area contributed by atoms with Gasteiger partial charge < -0.3 is 10.1 Å². The van der Waals surface area contributed by atoms with Crippen molar-refractivity contribution in [3.63, 3.8) is 0 Å². The molecule has 1 amide bonds. The van der Waals surface area contributed by atoms with Gasteiger partial charge >= 0.3 is 6.36 Å². The van der Waals surface area contributed by atoms with E-state index in [4.69, 9.17) is 0 Å². The molecule has 0 unspecified atom stereocenters. The topological polar surface area (TPSA) is 64.1 Å². The molecule has 2 heterocycles. The second kappa shape index (κ2) is 7.52. The first-order chi connectivity index (χ1) is 12.4. The van der Waals surface area contributed by atoms with Gasteiger partial charge in [0.15, 0.2) is 0 Å². The number of carbonyl (C=O) groups is 1. The monoisotopic (exact) mass is 379 g/mol. The molecule has 0 spiro atoms. The normalized spacial score (nSPS) is 11.2. The lowest BCUT2D eigenvalue weighted by Gasteiger charge is -2.10. The van der Waals surface area contributed by atoms with Crippen LogP contribution in [-0.4, -0.2) is 22.2 Å². The van der Waals surface area contributed by atoms with Crippen LogP contribution in [0.5, 0.6) is 5.75 Å². The van der Waals surface area contributed by atoms with Crippen molar-refractivity contribution in [2.45, 2.75) is 12.9 Å². The predicted octanol–water partition coefficient (Wildman–Crippen LogP) is 4.03. The van der Waals surface area contributed by atoms with Crippen LogP contribution in [0.1, 0.15) is 16.1 Å². The predicted molar refractivity (Wildman–Crippen MR) is 89.6 cm³/mol. The third-order valence-electron chi connectivity index (χ3n) is 3.34. The number of amides is 1. The van der Waals surface area contributed by atoms with Crippen LogP contribution in [0.3, 0.4) is 0 Å². The zero-order valence-corrected chi connectivity index (χ0v) is 14.0. The summed E-state index contributed by atoms with van der Waals surface area (Å²) in [7, 11) is 0. The van der Waals surface area contributed by atoms with Crippen molar-refractivity contribution in [2.24, 2.45) is 0 Å². The Morgan fingerprint density at radius 3 is 2.50 bits per heavy atom. The molecule has 0 saturated heterocycles. The van der Waals surface area contributed by atoms with E-state index in [2.05, 4.69) is 20.0 Å². The fourth-order valence-electron chi connectivity index (χ4n) is 2.21. The number of aromatic nitrogens is 2. The molecule has 0 radical (unpaired) electrons. The molecule has 26 heavy (non-hydrogen) atoms. The van der Waals surface area contributed by atoms with E-state index in [1.165, 1.54) is 29.7 Å². The maximum Gasteiger partial charge on any atom is 0.573 e. The quantitative estimate of drug-likeness (QED) is 0.727. The fraction of sp³-hybridized carbons (Fsp3) is 0.118. The first-order valence-corrected chi connectivity index (χ1v) is 8.33. The molecule has 1 aromatic carbocycles. The standard InChI is InChI=1S/C17H12F3N3O2S/c18-17(19,20)25-13-3-1-11(2-4-13)16(24)23-9-14-15(22-7-6-21-14)12-5-8-26-10-12/h1-8,10H,9H2,(H,23,24). The zero-order chi connectivity index (χ0) is 18.6. The van der Waals surface area contributed by atoms with Crippen LogP contribution < -0.4 is 10.1 Å². The molecule has 134 valence electrons. The van der Waals surface area contributed by atoms with Gasteiger partial charge in [0.25, 0.3) is 5.91 Å². The summed E-state index contributed by atoms with van der Waals surface area (Å²) >= 11 is 1.52. The van der Waals surface area contributed by atoms with Crippen LogP contribution >= 0.6 is 11.3 Å². The number of nitrogens with one attached hydrogen (secondary N) is 1. The Kier molecular flexibility index (Phi) is 5.17. The molecule has 1 N–H and O–H groups in total. The molecule has 0 aliphatic heterocycles. The number of benzene rings is 1. The van der Waals surface area contributed by atoms with Crippen molar-refractivity contribution in [3.8, 4) is 17.0 Å². The summed E-state index contributed by atoms with van der Waals surface area (Å²) in [6.07, 6.45) is -1.67. The van der Waals surface area contributed by atoms with Crippen molar-refractivity contribution in [1.29, 1.82) is 0 Å². The number of hydrogen-bond donors (Lipinski definition) is 1. The lowest BCUT2D eigenvalue weighted by Crippen LogP contribution is -2.24. The summed E-state index contributed by atoms with van der Waals surface area (Å²) in [5, 5.41) is 6.52. The molecular formula is C17H12F3N3O2S. The van der Waals surface area contributed by atoms with Crippen LogP contribution in [0, 0.1) is 0 Å². The molecule has 3 aromatic rings. The molecular weight excluding hydrogens is 367 g/mol.